The standard InChI is InChI=1S/C21H26N2O2S/c1-22-13-14-23(21(16-22)18-8-3-2-4-9-18)26(24,25)20-12-11-17-7-5-6-10-19(17)15-20/h2-4,8-9,11-12,15,21H,5-7,10,13-14,16H2,1H3/t21-/m1/s1. The summed E-state index contributed by atoms with van der Waals surface area (Å²) >= 11 is 0. The highest BCUT2D eigenvalue weighted by Gasteiger charge is 2.36. The summed E-state index contributed by atoms with van der Waals surface area (Å²) in [5.74, 6) is 0. The van der Waals surface area contributed by atoms with Crippen molar-refractivity contribution in [2.45, 2.75) is 36.6 Å². The van der Waals surface area contributed by atoms with Crippen LogP contribution in [0, 0.1) is 0 Å². The summed E-state index contributed by atoms with van der Waals surface area (Å²) in [6.07, 6.45) is 4.41. The average molecular weight is 371 g/mol. The first-order valence-corrected chi connectivity index (χ1v) is 10.9. The SMILES string of the molecule is CN1CCN(S(=O)(=O)c2ccc3c(c2)CCCC3)[C@@H](c2ccccc2)C1. The Morgan fingerprint density at radius 2 is 1.65 bits per heavy atom. The molecule has 4 rings (SSSR count). The minimum Gasteiger partial charge on any atom is -0.303 e. The molecule has 1 atom stereocenters. The zero-order valence-electron chi connectivity index (χ0n) is 15.3. The second kappa shape index (κ2) is 7.14. The highest BCUT2D eigenvalue weighted by Crippen LogP contribution is 2.32. The molecule has 2 aromatic rings. The lowest BCUT2D eigenvalue weighted by Crippen LogP contribution is -2.49. The van der Waals surface area contributed by atoms with Crippen molar-refractivity contribution in [1.82, 2.24) is 9.21 Å². The van der Waals surface area contributed by atoms with Crippen molar-refractivity contribution in [1.29, 1.82) is 0 Å². The van der Waals surface area contributed by atoms with Crippen LogP contribution in [0.4, 0.5) is 0 Å². The molecule has 138 valence electrons. The second-order valence-electron chi connectivity index (χ2n) is 7.44. The minimum atomic E-state index is -3.51. The molecule has 0 unspecified atom stereocenters. The predicted molar refractivity (Wildman–Crippen MR) is 104 cm³/mol. The van der Waals surface area contributed by atoms with Crippen LogP contribution >= 0.6 is 0 Å². The molecule has 1 saturated heterocycles. The van der Waals surface area contributed by atoms with Crippen LogP contribution in [-0.2, 0) is 22.9 Å². The van der Waals surface area contributed by atoms with E-state index in [0.29, 0.717) is 18.0 Å². The number of likely N-dealkylation sites (N-methyl/N-ethyl adjacent to an activating group) is 1. The van der Waals surface area contributed by atoms with Gasteiger partial charge in [0.25, 0.3) is 0 Å². The summed E-state index contributed by atoms with van der Waals surface area (Å²) in [7, 11) is -1.46. The Bertz CT molecular complexity index is 880. The van der Waals surface area contributed by atoms with Crippen LogP contribution in [0.15, 0.2) is 53.4 Å². The number of sulfonamides is 1. The number of aryl methyl sites for hydroxylation is 2. The molecular weight excluding hydrogens is 344 g/mol. The summed E-state index contributed by atoms with van der Waals surface area (Å²) in [6, 6.07) is 15.6. The van der Waals surface area contributed by atoms with Crippen LogP contribution in [0.3, 0.4) is 0 Å². The van der Waals surface area contributed by atoms with E-state index in [9.17, 15) is 8.42 Å². The van der Waals surface area contributed by atoms with E-state index in [1.807, 2.05) is 42.5 Å². The van der Waals surface area contributed by atoms with Gasteiger partial charge in [0.2, 0.25) is 10.0 Å². The maximum Gasteiger partial charge on any atom is 0.243 e. The second-order valence-corrected chi connectivity index (χ2v) is 9.33. The topological polar surface area (TPSA) is 40.6 Å². The van der Waals surface area contributed by atoms with E-state index in [-0.39, 0.29) is 6.04 Å². The maximum atomic E-state index is 13.5. The van der Waals surface area contributed by atoms with Gasteiger partial charge in [-0.2, -0.15) is 4.31 Å². The fraction of sp³-hybridized carbons (Fsp3) is 0.429. The molecule has 2 aliphatic rings. The van der Waals surface area contributed by atoms with E-state index in [0.717, 1.165) is 31.4 Å². The first kappa shape index (κ1) is 17.7. The largest absolute Gasteiger partial charge is 0.303 e. The molecule has 0 amide bonds. The highest BCUT2D eigenvalue weighted by atomic mass is 32.2. The van der Waals surface area contributed by atoms with E-state index < -0.39 is 10.0 Å². The Kier molecular flexibility index (Phi) is 4.86. The molecule has 1 fully saturated rings. The number of benzene rings is 2. The van der Waals surface area contributed by atoms with Gasteiger partial charge in [-0.1, -0.05) is 36.4 Å². The Hall–Kier alpha value is -1.69. The van der Waals surface area contributed by atoms with Crippen LogP contribution in [0.25, 0.3) is 0 Å². The third-order valence-corrected chi connectivity index (χ3v) is 7.55. The summed E-state index contributed by atoms with van der Waals surface area (Å²) in [6.45, 7) is 2.00. The molecule has 0 bridgehead atoms. The Labute approximate surface area is 156 Å². The van der Waals surface area contributed by atoms with Gasteiger partial charge in [0.15, 0.2) is 0 Å². The molecular formula is C21H26N2O2S. The van der Waals surface area contributed by atoms with E-state index in [4.69, 9.17) is 0 Å². The van der Waals surface area contributed by atoms with Crippen LogP contribution in [0.5, 0.6) is 0 Å². The highest BCUT2D eigenvalue weighted by molar-refractivity contribution is 7.89. The lowest BCUT2D eigenvalue weighted by Gasteiger charge is -2.39. The number of rotatable bonds is 3. The summed E-state index contributed by atoms with van der Waals surface area (Å²) in [5.41, 5.74) is 3.58. The number of fused-ring (bicyclic) bond motifs is 1. The van der Waals surface area contributed by atoms with Gasteiger partial charge in [0, 0.05) is 19.6 Å². The van der Waals surface area contributed by atoms with Crippen LogP contribution in [-0.4, -0.2) is 44.3 Å². The monoisotopic (exact) mass is 370 g/mol. The molecule has 0 spiro atoms. The van der Waals surface area contributed by atoms with E-state index in [2.05, 4.69) is 11.9 Å². The molecule has 0 radical (unpaired) electrons. The average Bonchev–Trinajstić information content (AvgIpc) is 2.68. The van der Waals surface area contributed by atoms with Gasteiger partial charge in [0.1, 0.15) is 0 Å². The van der Waals surface area contributed by atoms with Crippen LogP contribution in [0.2, 0.25) is 0 Å². The van der Waals surface area contributed by atoms with Gasteiger partial charge in [-0.25, -0.2) is 8.42 Å². The van der Waals surface area contributed by atoms with Gasteiger partial charge in [0.05, 0.1) is 10.9 Å². The minimum absolute atomic E-state index is 0.143. The van der Waals surface area contributed by atoms with Crippen LogP contribution in [0.1, 0.15) is 35.6 Å². The van der Waals surface area contributed by atoms with Crippen molar-refractivity contribution in [3.63, 3.8) is 0 Å². The molecule has 26 heavy (non-hydrogen) atoms. The molecule has 1 aliphatic carbocycles. The lowest BCUT2D eigenvalue weighted by atomic mass is 9.92. The number of hydrogen-bond donors (Lipinski definition) is 0. The molecule has 0 aromatic heterocycles. The third-order valence-electron chi connectivity index (χ3n) is 5.65. The van der Waals surface area contributed by atoms with Crippen molar-refractivity contribution >= 4 is 10.0 Å². The fourth-order valence-corrected chi connectivity index (χ4v) is 5.79. The van der Waals surface area contributed by atoms with E-state index in [1.165, 1.54) is 17.5 Å². The third kappa shape index (κ3) is 3.31. The smallest absolute Gasteiger partial charge is 0.243 e. The van der Waals surface area contributed by atoms with Crippen molar-refractivity contribution in [2.75, 3.05) is 26.7 Å². The van der Waals surface area contributed by atoms with E-state index in [1.54, 1.807) is 10.4 Å². The van der Waals surface area contributed by atoms with Crippen molar-refractivity contribution in [3.8, 4) is 0 Å². The Balaban J connectivity index is 1.71. The molecule has 0 saturated carbocycles. The zero-order chi connectivity index (χ0) is 18.1. The normalized spacial score (nSPS) is 22.1. The van der Waals surface area contributed by atoms with Gasteiger partial charge in [-0.15, -0.1) is 0 Å². The molecule has 1 heterocycles. The molecule has 1 aliphatic heterocycles. The quantitative estimate of drug-likeness (QED) is 0.833. The maximum absolute atomic E-state index is 13.5. The number of hydrogen-bond acceptors (Lipinski definition) is 3. The molecule has 2 aromatic carbocycles. The van der Waals surface area contributed by atoms with Gasteiger partial charge in [-0.3, -0.25) is 0 Å². The fourth-order valence-electron chi connectivity index (χ4n) is 4.14. The zero-order valence-corrected chi connectivity index (χ0v) is 16.1. The van der Waals surface area contributed by atoms with Gasteiger partial charge >= 0.3 is 0 Å². The lowest BCUT2D eigenvalue weighted by molar-refractivity contribution is 0.160. The Morgan fingerprint density at radius 1 is 0.923 bits per heavy atom. The molecule has 0 N–H and O–H groups in total. The summed E-state index contributed by atoms with van der Waals surface area (Å²) < 4.78 is 28.6. The number of nitrogens with zero attached hydrogens (tertiary/aromatic N) is 2. The van der Waals surface area contributed by atoms with E-state index >= 15 is 0 Å². The van der Waals surface area contributed by atoms with Crippen molar-refractivity contribution < 1.29 is 8.42 Å². The van der Waals surface area contributed by atoms with Crippen LogP contribution < -0.4 is 0 Å². The summed E-state index contributed by atoms with van der Waals surface area (Å²) in [5, 5.41) is 0. The van der Waals surface area contributed by atoms with Crippen molar-refractivity contribution in [3.05, 3.63) is 65.2 Å². The predicted octanol–water partition coefficient (Wildman–Crippen LogP) is 3.24. The van der Waals surface area contributed by atoms with Gasteiger partial charge < -0.3 is 4.90 Å². The molecule has 5 heteroatoms. The Morgan fingerprint density at radius 3 is 2.42 bits per heavy atom. The molecule has 4 nitrogen and oxygen atoms in total. The van der Waals surface area contributed by atoms with Gasteiger partial charge in [-0.05, 0) is 61.6 Å². The summed E-state index contributed by atoms with van der Waals surface area (Å²) in [4.78, 5) is 2.65. The number of piperazine rings is 1. The first-order valence-electron chi connectivity index (χ1n) is 9.43. The first-order chi connectivity index (χ1) is 12.6. The van der Waals surface area contributed by atoms with Crippen molar-refractivity contribution in [2.24, 2.45) is 0 Å².